The van der Waals surface area contributed by atoms with E-state index in [4.69, 9.17) is 0 Å². The molecule has 1 aromatic rings. The lowest BCUT2D eigenvalue weighted by Gasteiger charge is -2.25. The number of hydrogen-bond donors (Lipinski definition) is 1. The maximum atomic E-state index is 9.42. The van der Waals surface area contributed by atoms with Crippen LogP contribution in [0.4, 0.5) is 0 Å². The lowest BCUT2D eigenvalue weighted by Crippen LogP contribution is -2.36. The van der Waals surface area contributed by atoms with E-state index in [1.165, 1.54) is 0 Å². The van der Waals surface area contributed by atoms with Gasteiger partial charge in [-0.3, -0.25) is 4.90 Å². The number of aromatic nitrogens is 1. The van der Waals surface area contributed by atoms with Crippen molar-refractivity contribution < 1.29 is 5.11 Å². The molecular weight excluding hydrogens is 196 g/mol. The molecule has 0 saturated heterocycles. The molecule has 4 heteroatoms. The predicted molar refractivity (Wildman–Crippen MR) is 59.5 cm³/mol. The molecule has 2 atom stereocenters. The summed E-state index contributed by atoms with van der Waals surface area (Å²) in [5, 5.41) is 12.6. The quantitative estimate of drug-likeness (QED) is 0.828. The number of aliphatic hydroxyl groups is 1. The highest BCUT2D eigenvalue weighted by molar-refractivity contribution is 7.09. The molecule has 0 amide bonds. The summed E-state index contributed by atoms with van der Waals surface area (Å²) in [7, 11) is 2.01. The van der Waals surface area contributed by atoms with Gasteiger partial charge in [-0.2, -0.15) is 0 Å². The normalized spacial score (nSPS) is 15.9. The lowest BCUT2D eigenvalue weighted by molar-refractivity contribution is 0.0822. The average molecular weight is 214 g/mol. The number of thiazole rings is 1. The summed E-state index contributed by atoms with van der Waals surface area (Å²) >= 11 is 1.67. The fraction of sp³-hybridized carbons (Fsp3) is 0.700. The molecule has 2 unspecified atom stereocenters. The van der Waals surface area contributed by atoms with E-state index in [-0.39, 0.29) is 12.1 Å². The number of hydrogen-bond acceptors (Lipinski definition) is 4. The summed E-state index contributed by atoms with van der Waals surface area (Å²) in [4.78, 5) is 6.50. The molecule has 0 bridgehead atoms. The Kier molecular flexibility index (Phi) is 4.04. The van der Waals surface area contributed by atoms with E-state index >= 15 is 0 Å². The highest BCUT2D eigenvalue weighted by Crippen LogP contribution is 2.12. The third-order valence-electron chi connectivity index (χ3n) is 2.47. The number of likely N-dealkylation sites (N-methyl/N-ethyl adjacent to an activating group) is 1. The Bertz CT molecular complexity index is 285. The first-order valence-electron chi connectivity index (χ1n) is 4.80. The maximum Gasteiger partial charge on any atom is 0.0897 e. The molecule has 14 heavy (non-hydrogen) atoms. The zero-order valence-corrected chi connectivity index (χ0v) is 10.0. The lowest BCUT2D eigenvalue weighted by atomic mass is 10.2. The van der Waals surface area contributed by atoms with Gasteiger partial charge >= 0.3 is 0 Å². The van der Waals surface area contributed by atoms with Crippen LogP contribution in [0.15, 0.2) is 5.38 Å². The van der Waals surface area contributed by atoms with E-state index in [9.17, 15) is 5.11 Å². The fourth-order valence-electron chi connectivity index (χ4n) is 1.25. The fourth-order valence-corrected chi connectivity index (χ4v) is 1.85. The van der Waals surface area contributed by atoms with Crippen molar-refractivity contribution in [3.8, 4) is 0 Å². The highest BCUT2D eigenvalue weighted by Gasteiger charge is 2.15. The summed E-state index contributed by atoms with van der Waals surface area (Å²) in [6.45, 7) is 6.64. The van der Waals surface area contributed by atoms with Gasteiger partial charge in [0.15, 0.2) is 0 Å². The molecule has 0 fully saturated rings. The van der Waals surface area contributed by atoms with Crippen LogP contribution in [0.3, 0.4) is 0 Å². The van der Waals surface area contributed by atoms with Crippen LogP contribution in [0, 0.1) is 6.92 Å². The third-order valence-corrected chi connectivity index (χ3v) is 3.29. The Morgan fingerprint density at radius 1 is 1.57 bits per heavy atom. The van der Waals surface area contributed by atoms with Crippen molar-refractivity contribution in [2.75, 3.05) is 7.05 Å². The van der Waals surface area contributed by atoms with Crippen molar-refractivity contribution in [1.82, 2.24) is 9.88 Å². The summed E-state index contributed by atoms with van der Waals surface area (Å²) < 4.78 is 0. The van der Waals surface area contributed by atoms with Crippen LogP contribution in [0.5, 0.6) is 0 Å². The van der Waals surface area contributed by atoms with E-state index < -0.39 is 0 Å². The standard InChI is InChI=1S/C10H18N2OS/c1-7(8(2)13)12(4)5-10-6-14-9(3)11-10/h6-8,13H,5H2,1-4H3. The second-order valence-electron chi connectivity index (χ2n) is 3.75. The van der Waals surface area contributed by atoms with Gasteiger partial charge in [0.2, 0.25) is 0 Å². The molecular formula is C10H18N2OS. The highest BCUT2D eigenvalue weighted by atomic mass is 32.1. The second kappa shape index (κ2) is 4.87. The van der Waals surface area contributed by atoms with Crippen LogP contribution in [0.25, 0.3) is 0 Å². The molecule has 0 aromatic carbocycles. The molecule has 0 aliphatic rings. The van der Waals surface area contributed by atoms with Gasteiger partial charge in [-0.05, 0) is 27.8 Å². The van der Waals surface area contributed by atoms with Crippen molar-refractivity contribution in [3.63, 3.8) is 0 Å². The van der Waals surface area contributed by atoms with Gasteiger partial charge in [-0.15, -0.1) is 11.3 Å². The van der Waals surface area contributed by atoms with Crippen LogP contribution >= 0.6 is 11.3 Å². The molecule has 1 rings (SSSR count). The van der Waals surface area contributed by atoms with Crippen LogP contribution in [-0.2, 0) is 6.54 Å². The summed E-state index contributed by atoms with van der Waals surface area (Å²) in [6.07, 6.45) is -0.306. The Morgan fingerprint density at radius 2 is 2.21 bits per heavy atom. The third kappa shape index (κ3) is 3.04. The van der Waals surface area contributed by atoms with E-state index in [1.807, 2.05) is 27.8 Å². The smallest absolute Gasteiger partial charge is 0.0897 e. The summed E-state index contributed by atoms with van der Waals surface area (Å²) in [6, 6.07) is 0.164. The van der Waals surface area contributed by atoms with E-state index in [0.717, 1.165) is 17.2 Å². The Hall–Kier alpha value is -0.450. The number of aliphatic hydroxyl groups excluding tert-OH is 1. The van der Waals surface area contributed by atoms with Crippen molar-refractivity contribution in [1.29, 1.82) is 0 Å². The van der Waals surface area contributed by atoms with Gasteiger partial charge in [0, 0.05) is 18.0 Å². The second-order valence-corrected chi connectivity index (χ2v) is 4.82. The van der Waals surface area contributed by atoms with Crippen molar-refractivity contribution in [3.05, 3.63) is 16.1 Å². The van der Waals surface area contributed by atoms with Crippen molar-refractivity contribution >= 4 is 11.3 Å². The predicted octanol–water partition coefficient (Wildman–Crippen LogP) is 1.65. The van der Waals surface area contributed by atoms with E-state index in [1.54, 1.807) is 11.3 Å². The Morgan fingerprint density at radius 3 is 2.64 bits per heavy atom. The van der Waals surface area contributed by atoms with E-state index in [2.05, 4.69) is 15.3 Å². The largest absolute Gasteiger partial charge is 0.392 e. The SMILES string of the molecule is Cc1nc(CN(C)C(C)C(C)O)cs1. The molecule has 3 nitrogen and oxygen atoms in total. The van der Waals surface area contributed by atoms with E-state index in [0.29, 0.717) is 0 Å². The molecule has 0 radical (unpaired) electrons. The first-order valence-corrected chi connectivity index (χ1v) is 5.68. The van der Waals surface area contributed by atoms with Gasteiger partial charge in [-0.25, -0.2) is 4.98 Å². The van der Waals surface area contributed by atoms with Gasteiger partial charge in [0.1, 0.15) is 0 Å². The minimum Gasteiger partial charge on any atom is -0.392 e. The van der Waals surface area contributed by atoms with Crippen LogP contribution < -0.4 is 0 Å². The molecule has 80 valence electrons. The molecule has 0 aliphatic heterocycles. The minimum atomic E-state index is -0.306. The van der Waals surface area contributed by atoms with Gasteiger partial charge < -0.3 is 5.11 Å². The Balaban J connectivity index is 2.52. The minimum absolute atomic E-state index is 0.164. The monoisotopic (exact) mass is 214 g/mol. The van der Waals surface area contributed by atoms with Crippen molar-refractivity contribution in [2.24, 2.45) is 0 Å². The Labute approximate surface area is 89.4 Å². The van der Waals surface area contributed by atoms with Crippen LogP contribution in [0.2, 0.25) is 0 Å². The van der Waals surface area contributed by atoms with Crippen LogP contribution in [-0.4, -0.2) is 34.2 Å². The maximum absolute atomic E-state index is 9.42. The average Bonchev–Trinajstić information content (AvgIpc) is 2.49. The van der Waals surface area contributed by atoms with Gasteiger partial charge in [-0.1, -0.05) is 0 Å². The molecule has 0 aliphatic carbocycles. The zero-order chi connectivity index (χ0) is 10.7. The van der Waals surface area contributed by atoms with Crippen LogP contribution in [0.1, 0.15) is 24.5 Å². The molecule has 0 spiro atoms. The molecule has 1 aromatic heterocycles. The number of aryl methyl sites for hydroxylation is 1. The first-order chi connectivity index (χ1) is 6.50. The molecule has 1 heterocycles. The van der Waals surface area contributed by atoms with Crippen molar-refractivity contribution in [2.45, 2.75) is 39.5 Å². The summed E-state index contributed by atoms with van der Waals surface area (Å²) in [5.41, 5.74) is 1.09. The molecule has 1 N–H and O–H groups in total. The number of rotatable bonds is 4. The summed E-state index contributed by atoms with van der Waals surface area (Å²) in [5.74, 6) is 0. The van der Waals surface area contributed by atoms with Gasteiger partial charge in [0.05, 0.1) is 16.8 Å². The molecule has 0 saturated carbocycles. The van der Waals surface area contributed by atoms with Gasteiger partial charge in [0.25, 0.3) is 0 Å². The first kappa shape index (κ1) is 11.6. The topological polar surface area (TPSA) is 36.4 Å². The number of nitrogens with zero attached hydrogens (tertiary/aromatic N) is 2. The zero-order valence-electron chi connectivity index (χ0n) is 9.19.